The van der Waals surface area contributed by atoms with Gasteiger partial charge in [0.2, 0.25) is 0 Å². The first-order valence-corrected chi connectivity index (χ1v) is 7.28. The minimum Gasteiger partial charge on any atom is -0.339 e. The molecular formula is C14H14Cl3N3. The van der Waals surface area contributed by atoms with E-state index >= 15 is 0 Å². The van der Waals surface area contributed by atoms with Gasteiger partial charge in [0.1, 0.15) is 16.8 Å². The van der Waals surface area contributed by atoms with E-state index in [4.69, 9.17) is 34.8 Å². The van der Waals surface area contributed by atoms with Crippen molar-refractivity contribution in [2.75, 3.05) is 5.32 Å². The van der Waals surface area contributed by atoms with Gasteiger partial charge in [-0.15, -0.1) is 0 Å². The van der Waals surface area contributed by atoms with E-state index in [9.17, 15) is 0 Å². The Hall–Kier alpha value is -1.03. The molecule has 0 saturated carbocycles. The highest BCUT2D eigenvalue weighted by Crippen LogP contribution is 2.30. The van der Waals surface area contributed by atoms with Crippen LogP contribution in [0.1, 0.15) is 31.2 Å². The van der Waals surface area contributed by atoms with Crippen molar-refractivity contribution in [1.29, 1.82) is 0 Å². The molecule has 0 radical (unpaired) electrons. The molecule has 2 aromatic rings. The molecule has 0 atom stereocenters. The molecule has 0 aliphatic heterocycles. The van der Waals surface area contributed by atoms with E-state index in [2.05, 4.69) is 15.3 Å². The maximum atomic E-state index is 6.15. The zero-order valence-electron chi connectivity index (χ0n) is 11.3. The minimum absolute atomic E-state index is 0.189. The van der Waals surface area contributed by atoms with Gasteiger partial charge in [-0.2, -0.15) is 0 Å². The van der Waals surface area contributed by atoms with E-state index in [-0.39, 0.29) is 5.92 Å². The van der Waals surface area contributed by atoms with Crippen LogP contribution < -0.4 is 5.32 Å². The number of halogens is 3. The van der Waals surface area contributed by atoms with Crippen molar-refractivity contribution in [2.45, 2.75) is 26.7 Å². The Morgan fingerprint density at radius 3 is 2.40 bits per heavy atom. The van der Waals surface area contributed by atoms with Gasteiger partial charge in [-0.3, -0.25) is 0 Å². The smallest absolute Gasteiger partial charge is 0.138 e. The Balaban J connectivity index is 2.42. The summed E-state index contributed by atoms with van der Waals surface area (Å²) in [6, 6.07) is 5.24. The predicted octanol–water partition coefficient (Wildman–Crippen LogP) is 5.61. The maximum absolute atomic E-state index is 6.15. The van der Waals surface area contributed by atoms with Crippen molar-refractivity contribution in [2.24, 2.45) is 0 Å². The van der Waals surface area contributed by atoms with Gasteiger partial charge in [0.25, 0.3) is 0 Å². The summed E-state index contributed by atoms with van der Waals surface area (Å²) >= 11 is 18.2. The van der Waals surface area contributed by atoms with E-state index in [1.165, 1.54) is 0 Å². The SMILES string of the molecule is Cc1c(Cl)nc(C(C)C)nc1Nc1ccc(Cl)cc1Cl. The molecule has 0 aliphatic rings. The van der Waals surface area contributed by atoms with Crippen molar-refractivity contribution in [1.82, 2.24) is 9.97 Å². The number of rotatable bonds is 3. The molecule has 6 heteroatoms. The van der Waals surface area contributed by atoms with Crippen molar-refractivity contribution in [3.05, 3.63) is 44.8 Å². The zero-order valence-corrected chi connectivity index (χ0v) is 13.6. The van der Waals surface area contributed by atoms with Gasteiger partial charge in [0.05, 0.1) is 10.7 Å². The predicted molar refractivity (Wildman–Crippen MR) is 85.6 cm³/mol. The molecule has 0 saturated heterocycles. The van der Waals surface area contributed by atoms with Gasteiger partial charge < -0.3 is 5.32 Å². The van der Waals surface area contributed by atoms with Crippen molar-refractivity contribution in [3.8, 4) is 0 Å². The third-order valence-electron chi connectivity index (χ3n) is 2.80. The molecular weight excluding hydrogens is 317 g/mol. The van der Waals surface area contributed by atoms with Crippen LogP contribution in [0.3, 0.4) is 0 Å². The van der Waals surface area contributed by atoms with Gasteiger partial charge >= 0.3 is 0 Å². The minimum atomic E-state index is 0.189. The Bertz CT molecular complexity index is 642. The van der Waals surface area contributed by atoms with E-state index < -0.39 is 0 Å². The monoisotopic (exact) mass is 329 g/mol. The second-order valence-electron chi connectivity index (χ2n) is 4.75. The lowest BCUT2D eigenvalue weighted by Crippen LogP contribution is -2.05. The summed E-state index contributed by atoms with van der Waals surface area (Å²) in [5.41, 5.74) is 1.51. The van der Waals surface area contributed by atoms with Crippen LogP contribution in [-0.4, -0.2) is 9.97 Å². The van der Waals surface area contributed by atoms with Crippen molar-refractivity contribution < 1.29 is 0 Å². The molecule has 1 aromatic carbocycles. The fraction of sp³-hybridized carbons (Fsp3) is 0.286. The maximum Gasteiger partial charge on any atom is 0.138 e. The second kappa shape index (κ2) is 6.17. The number of benzene rings is 1. The van der Waals surface area contributed by atoms with Crippen LogP contribution >= 0.6 is 34.8 Å². The fourth-order valence-corrected chi connectivity index (χ4v) is 2.24. The largest absolute Gasteiger partial charge is 0.339 e. The average molecular weight is 331 g/mol. The summed E-state index contributed by atoms with van der Waals surface area (Å²) in [7, 11) is 0. The zero-order chi connectivity index (χ0) is 14.9. The molecule has 3 nitrogen and oxygen atoms in total. The highest BCUT2D eigenvalue weighted by Gasteiger charge is 2.13. The summed E-state index contributed by atoms with van der Waals surface area (Å²) in [5.74, 6) is 1.53. The van der Waals surface area contributed by atoms with Gasteiger partial charge in [0.15, 0.2) is 0 Å². The summed E-state index contributed by atoms with van der Waals surface area (Å²) in [6.45, 7) is 5.89. The average Bonchev–Trinajstić information content (AvgIpc) is 2.37. The Morgan fingerprint density at radius 2 is 1.80 bits per heavy atom. The topological polar surface area (TPSA) is 37.8 Å². The van der Waals surface area contributed by atoms with Crippen LogP contribution in [0.4, 0.5) is 11.5 Å². The van der Waals surface area contributed by atoms with Gasteiger partial charge in [-0.25, -0.2) is 9.97 Å². The number of nitrogens with zero attached hydrogens (tertiary/aromatic N) is 2. The van der Waals surface area contributed by atoms with Gasteiger partial charge in [0, 0.05) is 16.5 Å². The van der Waals surface area contributed by atoms with E-state index in [1.54, 1.807) is 18.2 Å². The number of nitrogens with one attached hydrogen (secondary N) is 1. The lowest BCUT2D eigenvalue weighted by atomic mass is 10.2. The number of hydrogen-bond donors (Lipinski definition) is 1. The number of hydrogen-bond acceptors (Lipinski definition) is 3. The van der Waals surface area contributed by atoms with Crippen LogP contribution in [0.2, 0.25) is 15.2 Å². The molecule has 0 aliphatic carbocycles. The van der Waals surface area contributed by atoms with Crippen LogP contribution in [0.5, 0.6) is 0 Å². The first-order chi connectivity index (χ1) is 9.38. The van der Waals surface area contributed by atoms with Gasteiger partial charge in [-0.1, -0.05) is 48.7 Å². The lowest BCUT2D eigenvalue weighted by Gasteiger charge is -2.14. The molecule has 0 unspecified atom stereocenters. The summed E-state index contributed by atoms with van der Waals surface area (Å²) in [4.78, 5) is 8.76. The Morgan fingerprint density at radius 1 is 1.10 bits per heavy atom. The third-order valence-corrected chi connectivity index (χ3v) is 3.72. The highest BCUT2D eigenvalue weighted by atomic mass is 35.5. The van der Waals surface area contributed by atoms with Crippen LogP contribution in [0, 0.1) is 6.92 Å². The number of aromatic nitrogens is 2. The Labute approximate surface area is 133 Å². The summed E-state index contributed by atoms with van der Waals surface area (Å²) < 4.78 is 0. The molecule has 1 heterocycles. The van der Waals surface area contributed by atoms with E-state index in [0.29, 0.717) is 26.8 Å². The molecule has 0 amide bonds. The normalized spacial score (nSPS) is 10.9. The lowest BCUT2D eigenvalue weighted by molar-refractivity contribution is 0.773. The van der Waals surface area contributed by atoms with Crippen molar-refractivity contribution >= 4 is 46.3 Å². The second-order valence-corrected chi connectivity index (χ2v) is 5.95. The standard InChI is InChI=1S/C14H14Cl3N3/c1-7(2)13-19-12(17)8(3)14(20-13)18-11-5-4-9(15)6-10(11)16/h4-7H,1-3H3,(H,18,19,20). The van der Waals surface area contributed by atoms with Crippen LogP contribution in [0.15, 0.2) is 18.2 Å². The highest BCUT2D eigenvalue weighted by molar-refractivity contribution is 6.36. The molecule has 0 spiro atoms. The van der Waals surface area contributed by atoms with E-state index in [0.717, 1.165) is 11.3 Å². The third kappa shape index (κ3) is 3.35. The molecule has 0 bridgehead atoms. The first-order valence-electron chi connectivity index (χ1n) is 6.14. The Kier molecular flexibility index (Phi) is 4.74. The number of anilines is 2. The summed E-state index contributed by atoms with van der Waals surface area (Å²) in [5, 5.41) is 4.73. The van der Waals surface area contributed by atoms with Crippen molar-refractivity contribution in [3.63, 3.8) is 0 Å². The fourth-order valence-electron chi connectivity index (χ4n) is 1.60. The molecule has 2 rings (SSSR count). The van der Waals surface area contributed by atoms with Crippen LogP contribution in [-0.2, 0) is 0 Å². The molecule has 0 fully saturated rings. The molecule has 20 heavy (non-hydrogen) atoms. The summed E-state index contributed by atoms with van der Waals surface area (Å²) in [6.07, 6.45) is 0. The first kappa shape index (κ1) is 15.4. The molecule has 1 N–H and O–H groups in total. The quantitative estimate of drug-likeness (QED) is 0.743. The molecule has 1 aromatic heterocycles. The van der Waals surface area contributed by atoms with Gasteiger partial charge in [-0.05, 0) is 25.1 Å². The molecule has 106 valence electrons. The van der Waals surface area contributed by atoms with E-state index in [1.807, 2.05) is 20.8 Å². The van der Waals surface area contributed by atoms with Crippen LogP contribution in [0.25, 0.3) is 0 Å².